The number of hydrogen-bond acceptors (Lipinski definition) is 5. The van der Waals surface area contributed by atoms with Gasteiger partial charge in [0.1, 0.15) is 11.6 Å². The first-order valence-corrected chi connectivity index (χ1v) is 9.36. The number of benzene rings is 2. The van der Waals surface area contributed by atoms with Crippen molar-refractivity contribution < 1.29 is 9.13 Å². The molecule has 2 aromatic carbocycles. The van der Waals surface area contributed by atoms with Gasteiger partial charge in [0.25, 0.3) is 5.56 Å². The highest BCUT2D eigenvalue weighted by Crippen LogP contribution is 2.20. The van der Waals surface area contributed by atoms with Gasteiger partial charge in [-0.25, -0.2) is 4.39 Å². The summed E-state index contributed by atoms with van der Waals surface area (Å²) in [4.78, 5) is 17.5. The molecule has 0 fully saturated rings. The van der Waals surface area contributed by atoms with Gasteiger partial charge in [-0.15, -0.1) is 5.10 Å². The van der Waals surface area contributed by atoms with E-state index < -0.39 is 0 Å². The van der Waals surface area contributed by atoms with Crippen LogP contribution in [0.15, 0.2) is 53.3 Å². The van der Waals surface area contributed by atoms with Gasteiger partial charge in [-0.3, -0.25) is 4.79 Å². The molecule has 0 radical (unpaired) electrons. The van der Waals surface area contributed by atoms with Crippen LogP contribution in [-0.4, -0.2) is 21.2 Å². The molecule has 27 heavy (non-hydrogen) atoms. The standard InChI is InChI=1S/C20H16FN3O2S/c1-2-11-26-15-9-7-13(8-10-15)18-22-20-24(23-18)19(25)17(27-20)12-14-5-3-4-6-16(14)21/h3-10,12H,2,11H2,1H3. The summed E-state index contributed by atoms with van der Waals surface area (Å²) in [6, 6.07) is 13.8. The lowest BCUT2D eigenvalue weighted by molar-refractivity contribution is 0.317. The Labute approximate surface area is 158 Å². The molecule has 7 heteroatoms. The molecule has 0 atom stereocenters. The summed E-state index contributed by atoms with van der Waals surface area (Å²) in [5, 5.41) is 4.31. The van der Waals surface area contributed by atoms with Crippen LogP contribution in [0.4, 0.5) is 4.39 Å². The first-order valence-electron chi connectivity index (χ1n) is 8.55. The number of ether oxygens (including phenoxy) is 1. The molecule has 0 saturated heterocycles. The summed E-state index contributed by atoms with van der Waals surface area (Å²) in [5.74, 6) is 0.882. The average molecular weight is 381 g/mol. The van der Waals surface area contributed by atoms with Crippen LogP contribution in [-0.2, 0) is 0 Å². The fourth-order valence-electron chi connectivity index (χ4n) is 2.61. The quantitative estimate of drug-likeness (QED) is 0.532. The second kappa shape index (κ2) is 7.28. The van der Waals surface area contributed by atoms with Crippen LogP contribution < -0.4 is 14.8 Å². The SMILES string of the molecule is CCCOc1ccc(-c2nc3sc(=Cc4ccccc4F)c(=O)n3n2)cc1. The maximum Gasteiger partial charge on any atom is 0.291 e. The van der Waals surface area contributed by atoms with Crippen LogP contribution in [0.1, 0.15) is 18.9 Å². The molecule has 136 valence electrons. The molecule has 2 aromatic heterocycles. The Morgan fingerprint density at radius 3 is 2.67 bits per heavy atom. The monoisotopic (exact) mass is 381 g/mol. The summed E-state index contributed by atoms with van der Waals surface area (Å²) in [6.45, 7) is 2.72. The summed E-state index contributed by atoms with van der Waals surface area (Å²) < 4.78 is 21.0. The van der Waals surface area contributed by atoms with Crippen molar-refractivity contribution in [2.45, 2.75) is 13.3 Å². The van der Waals surface area contributed by atoms with E-state index in [1.165, 1.54) is 28.0 Å². The highest BCUT2D eigenvalue weighted by atomic mass is 32.1. The number of nitrogens with zero attached hydrogens (tertiary/aromatic N) is 3. The molecule has 0 spiro atoms. The third kappa shape index (κ3) is 3.46. The van der Waals surface area contributed by atoms with Crippen LogP contribution >= 0.6 is 11.3 Å². The molecule has 0 aliphatic rings. The molecular formula is C20H16FN3O2S. The molecule has 0 saturated carbocycles. The number of rotatable bonds is 5. The summed E-state index contributed by atoms with van der Waals surface area (Å²) in [6.07, 6.45) is 2.47. The zero-order chi connectivity index (χ0) is 18.8. The van der Waals surface area contributed by atoms with E-state index in [0.717, 1.165) is 17.7 Å². The number of thiazole rings is 1. The van der Waals surface area contributed by atoms with Gasteiger partial charge < -0.3 is 4.74 Å². The van der Waals surface area contributed by atoms with E-state index in [-0.39, 0.29) is 11.4 Å². The normalized spacial score (nSPS) is 12.0. The second-order valence-electron chi connectivity index (χ2n) is 5.94. The van der Waals surface area contributed by atoms with E-state index in [1.54, 1.807) is 18.2 Å². The van der Waals surface area contributed by atoms with Crippen LogP contribution in [0.2, 0.25) is 0 Å². The van der Waals surface area contributed by atoms with Gasteiger partial charge in [0.05, 0.1) is 11.1 Å². The number of fused-ring (bicyclic) bond motifs is 1. The van der Waals surface area contributed by atoms with E-state index >= 15 is 0 Å². The minimum atomic E-state index is -0.373. The van der Waals surface area contributed by atoms with Gasteiger partial charge in [0.2, 0.25) is 4.96 Å². The van der Waals surface area contributed by atoms with Gasteiger partial charge in [0, 0.05) is 11.1 Å². The number of halogens is 1. The maximum atomic E-state index is 13.8. The van der Waals surface area contributed by atoms with Crippen molar-refractivity contribution in [3.05, 3.63) is 74.8 Å². The lowest BCUT2D eigenvalue weighted by Gasteiger charge is -2.04. The van der Waals surface area contributed by atoms with E-state index in [1.807, 2.05) is 24.3 Å². The number of aromatic nitrogens is 3. The van der Waals surface area contributed by atoms with Crippen molar-refractivity contribution in [2.75, 3.05) is 6.61 Å². The molecule has 0 aliphatic carbocycles. The lowest BCUT2D eigenvalue weighted by Crippen LogP contribution is -2.23. The molecule has 5 nitrogen and oxygen atoms in total. The Morgan fingerprint density at radius 1 is 1.19 bits per heavy atom. The van der Waals surface area contributed by atoms with E-state index in [9.17, 15) is 9.18 Å². The Hall–Kier alpha value is -3.06. The molecule has 4 rings (SSSR count). The molecule has 0 N–H and O–H groups in total. The Kier molecular flexibility index (Phi) is 4.68. The fraction of sp³-hybridized carbons (Fsp3) is 0.150. The van der Waals surface area contributed by atoms with Crippen molar-refractivity contribution in [2.24, 2.45) is 0 Å². The highest BCUT2D eigenvalue weighted by molar-refractivity contribution is 7.15. The zero-order valence-electron chi connectivity index (χ0n) is 14.6. The first-order chi connectivity index (χ1) is 13.2. The summed E-state index contributed by atoms with van der Waals surface area (Å²) in [5.41, 5.74) is 0.857. The summed E-state index contributed by atoms with van der Waals surface area (Å²) in [7, 11) is 0. The zero-order valence-corrected chi connectivity index (χ0v) is 15.4. The van der Waals surface area contributed by atoms with Gasteiger partial charge in [-0.05, 0) is 42.8 Å². The van der Waals surface area contributed by atoms with E-state index in [2.05, 4.69) is 17.0 Å². The molecule has 0 aliphatic heterocycles. The minimum Gasteiger partial charge on any atom is -0.494 e. The minimum absolute atomic E-state index is 0.306. The van der Waals surface area contributed by atoms with Crippen molar-refractivity contribution in [3.63, 3.8) is 0 Å². The van der Waals surface area contributed by atoms with Crippen LogP contribution in [0.3, 0.4) is 0 Å². The van der Waals surface area contributed by atoms with Gasteiger partial charge in [0.15, 0.2) is 5.82 Å². The summed E-state index contributed by atoms with van der Waals surface area (Å²) >= 11 is 1.19. The maximum absolute atomic E-state index is 13.8. The Balaban J connectivity index is 1.69. The molecule has 0 unspecified atom stereocenters. The van der Waals surface area contributed by atoms with Gasteiger partial charge in [-0.1, -0.05) is 36.5 Å². The fourth-order valence-corrected chi connectivity index (χ4v) is 3.51. The molecule has 2 heterocycles. The van der Waals surface area contributed by atoms with Crippen molar-refractivity contribution in [1.82, 2.24) is 14.6 Å². The largest absolute Gasteiger partial charge is 0.494 e. The van der Waals surface area contributed by atoms with E-state index in [0.29, 0.717) is 27.5 Å². The van der Waals surface area contributed by atoms with Crippen LogP contribution in [0.25, 0.3) is 22.4 Å². The topological polar surface area (TPSA) is 56.5 Å². The van der Waals surface area contributed by atoms with Gasteiger partial charge >= 0.3 is 0 Å². The highest BCUT2D eigenvalue weighted by Gasteiger charge is 2.12. The second-order valence-corrected chi connectivity index (χ2v) is 6.95. The van der Waals surface area contributed by atoms with Crippen LogP contribution in [0.5, 0.6) is 5.75 Å². The average Bonchev–Trinajstić information content (AvgIpc) is 3.22. The lowest BCUT2D eigenvalue weighted by atomic mass is 10.2. The molecule has 4 aromatic rings. The van der Waals surface area contributed by atoms with E-state index in [4.69, 9.17) is 4.74 Å². The molecule has 0 bridgehead atoms. The Morgan fingerprint density at radius 2 is 1.96 bits per heavy atom. The third-order valence-corrected chi connectivity index (χ3v) is 4.92. The van der Waals surface area contributed by atoms with Gasteiger partial charge in [-0.2, -0.15) is 9.50 Å². The van der Waals surface area contributed by atoms with Crippen LogP contribution in [0, 0.1) is 5.82 Å². The van der Waals surface area contributed by atoms with Crippen molar-refractivity contribution >= 4 is 22.4 Å². The number of hydrogen-bond donors (Lipinski definition) is 0. The molecular weight excluding hydrogens is 365 g/mol. The van der Waals surface area contributed by atoms with Crippen molar-refractivity contribution in [1.29, 1.82) is 0 Å². The third-order valence-electron chi connectivity index (χ3n) is 3.96. The molecule has 0 amide bonds. The van der Waals surface area contributed by atoms with Crippen molar-refractivity contribution in [3.8, 4) is 17.1 Å². The predicted octanol–water partition coefficient (Wildman–Crippen LogP) is 3.29. The Bertz CT molecular complexity index is 1200. The smallest absolute Gasteiger partial charge is 0.291 e. The first kappa shape index (κ1) is 17.4. The predicted molar refractivity (Wildman–Crippen MR) is 104 cm³/mol.